The zero-order valence-corrected chi connectivity index (χ0v) is 8.55. The second-order valence-corrected chi connectivity index (χ2v) is 4.44. The van der Waals surface area contributed by atoms with Crippen LogP contribution in [0.3, 0.4) is 0 Å². The lowest BCUT2D eigenvalue weighted by Crippen LogP contribution is -1.79. The molecule has 0 nitrogen and oxygen atoms in total. The van der Waals surface area contributed by atoms with Crippen molar-refractivity contribution in [2.24, 2.45) is 11.8 Å². The Bertz CT molecular complexity index is 121. The maximum atomic E-state index is 2.34. The van der Waals surface area contributed by atoms with Gasteiger partial charge < -0.3 is 0 Å². The van der Waals surface area contributed by atoms with Crippen LogP contribution in [0.25, 0.3) is 0 Å². The molecule has 2 rings (SSSR count). The fourth-order valence-electron chi connectivity index (χ4n) is 1.88. The summed E-state index contributed by atoms with van der Waals surface area (Å²) in [6.45, 7) is 4.62. The van der Waals surface area contributed by atoms with Crippen LogP contribution in [0.5, 0.6) is 0 Å². The van der Waals surface area contributed by atoms with Gasteiger partial charge in [0.15, 0.2) is 0 Å². The van der Waals surface area contributed by atoms with Gasteiger partial charge in [-0.1, -0.05) is 51.7 Å². The molecule has 12 heavy (non-hydrogen) atoms. The van der Waals surface area contributed by atoms with Crippen LogP contribution < -0.4 is 0 Å². The third-order valence-electron chi connectivity index (χ3n) is 2.89. The lowest BCUT2D eigenvalue weighted by molar-refractivity contribution is 0.612. The largest absolute Gasteiger partial charge is 0.0883 e. The van der Waals surface area contributed by atoms with E-state index < -0.39 is 0 Å². The van der Waals surface area contributed by atoms with Crippen molar-refractivity contribution in [3.63, 3.8) is 0 Å². The fraction of sp³-hybridized carbons (Fsp3) is 0.833. The highest BCUT2D eigenvalue weighted by atomic mass is 14.1. The lowest BCUT2D eigenvalue weighted by Gasteiger charge is -1.92. The quantitative estimate of drug-likeness (QED) is 0.474. The Hall–Kier alpha value is -0.260. The van der Waals surface area contributed by atoms with E-state index in [1.165, 1.54) is 38.5 Å². The van der Waals surface area contributed by atoms with Crippen LogP contribution in [0.2, 0.25) is 0 Å². The Kier molecular flexibility index (Phi) is 4.42. The van der Waals surface area contributed by atoms with E-state index in [0.717, 1.165) is 11.8 Å². The molecule has 0 aliphatic heterocycles. The molecule has 0 aromatic carbocycles. The second-order valence-electron chi connectivity index (χ2n) is 4.44. The summed E-state index contributed by atoms with van der Waals surface area (Å²) in [6, 6.07) is 0. The van der Waals surface area contributed by atoms with Crippen molar-refractivity contribution in [1.82, 2.24) is 0 Å². The summed E-state index contributed by atoms with van der Waals surface area (Å²) in [5, 5.41) is 0. The summed E-state index contributed by atoms with van der Waals surface area (Å²) in [6.07, 6.45) is 13.1. The van der Waals surface area contributed by atoms with Gasteiger partial charge in [-0.2, -0.15) is 0 Å². The maximum Gasteiger partial charge on any atom is -0.0322 e. The summed E-state index contributed by atoms with van der Waals surface area (Å²) in [4.78, 5) is 0. The molecule has 1 saturated carbocycles. The van der Waals surface area contributed by atoms with Gasteiger partial charge in [-0.15, -0.1) is 0 Å². The van der Waals surface area contributed by atoms with Crippen molar-refractivity contribution in [3.05, 3.63) is 12.2 Å². The molecule has 0 atom stereocenters. The molecule has 0 heteroatoms. The van der Waals surface area contributed by atoms with Crippen LogP contribution in [0.1, 0.15) is 52.4 Å². The number of hydrogen-bond acceptors (Lipinski definition) is 0. The summed E-state index contributed by atoms with van der Waals surface area (Å²) >= 11 is 0. The predicted molar refractivity (Wildman–Crippen MR) is 55.2 cm³/mol. The Balaban J connectivity index is 0.000000120. The van der Waals surface area contributed by atoms with Gasteiger partial charge in [-0.3, -0.25) is 0 Å². The smallest absolute Gasteiger partial charge is 0.0322 e. The minimum atomic E-state index is 0.935. The average Bonchev–Trinajstić information content (AvgIpc) is 2.63. The molecule has 2 aliphatic rings. The predicted octanol–water partition coefficient (Wildman–Crippen LogP) is 4.17. The second kappa shape index (κ2) is 5.40. The molecule has 70 valence electrons. The van der Waals surface area contributed by atoms with Crippen molar-refractivity contribution in [3.8, 4) is 0 Å². The highest BCUT2D eigenvalue weighted by molar-refractivity contribution is 4.92. The number of hydrogen-bond donors (Lipinski definition) is 0. The van der Waals surface area contributed by atoms with E-state index in [1.54, 1.807) is 0 Å². The summed E-state index contributed by atoms with van der Waals surface area (Å²) in [5.74, 6) is 1.98. The zero-order valence-electron chi connectivity index (χ0n) is 8.55. The van der Waals surface area contributed by atoms with Crippen molar-refractivity contribution in [2.75, 3.05) is 0 Å². The van der Waals surface area contributed by atoms with Crippen molar-refractivity contribution in [1.29, 1.82) is 0 Å². The minimum absolute atomic E-state index is 0.935. The Morgan fingerprint density at radius 3 is 1.50 bits per heavy atom. The van der Waals surface area contributed by atoms with E-state index in [9.17, 15) is 0 Å². The first-order valence-corrected chi connectivity index (χ1v) is 5.44. The van der Waals surface area contributed by atoms with E-state index in [-0.39, 0.29) is 0 Å². The van der Waals surface area contributed by atoms with Gasteiger partial charge in [0.1, 0.15) is 0 Å². The average molecular weight is 166 g/mol. The lowest BCUT2D eigenvalue weighted by atomic mass is 10.1. The first-order valence-electron chi connectivity index (χ1n) is 5.44. The normalized spacial score (nSPS) is 24.2. The van der Waals surface area contributed by atoms with Gasteiger partial charge in [0, 0.05) is 0 Å². The van der Waals surface area contributed by atoms with Gasteiger partial charge in [-0.25, -0.2) is 0 Å². The Morgan fingerprint density at radius 1 is 0.833 bits per heavy atom. The third kappa shape index (κ3) is 3.94. The number of allylic oxidation sites excluding steroid dienone is 2. The molecule has 0 spiro atoms. The van der Waals surface area contributed by atoms with E-state index in [4.69, 9.17) is 0 Å². The standard InChI is InChI=1S/C6H12.C6H10/c2*1-6-4-2-3-5-6/h6H,2-5H2,1H3;2-3,6H,4-5H2,1H3. The van der Waals surface area contributed by atoms with Gasteiger partial charge >= 0.3 is 0 Å². The van der Waals surface area contributed by atoms with Crippen LogP contribution in [-0.2, 0) is 0 Å². The highest BCUT2D eigenvalue weighted by Gasteiger charge is 2.07. The molecule has 2 aliphatic carbocycles. The van der Waals surface area contributed by atoms with Crippen LogP contribution in [0, 0.1) is 11.8 Å². The maximum absolute atomic E-state index is 2.34. The Labute approximate surface area is 77.1 Å². The molecule has 0 N–H and O–H groups in total. The highest BCUT2D eigenvalue weighted by Crippen LogP contribution is 2.22. The van der Waals surface area contributed by atoms with Crippen LogP contribution in [0.15, 0.2) is 12.2 Å². The van der Waals surface area contributed by atoms with E-state index >= 15 is 0 Å². The molecule has 0 aromatic rings. The molecule has 0 radical (unpaired) electrons. The SMILES string of the molecule is CC1CC=CC1.CC1CCCC1. The van der Waals surface area contributed by atoms with Crippen molar-refractivity contribution >= 4 is 0 Å². The van der Waals surface area contributed by atoms with Crippen LogP contribution >= 0.6 is 0 Å². The molecule has 0 saturated heterocycles. The monoisotopic (exact) mass is 166 g/mol. The van der Waals surface area contributed by atoms with Gasteiger partial charge in [0.25, 0.3) is 0 Å². The number of rotatable bonds is 0. The first-order chi connectivity index (χ1) is 5.79. The third-order valence-corrected chi connectivity index (χ3v) is 2.89. The molecule has 0 aromatic heterocycles. The Morgan fingerprint density at radius 2 is 1.33 bits per heavy atom. The van der Waals surface area contributed by atoms with Gasteiger partial charge in [-0.05, 0) is 24.7 Å². The molecule has 0 bridgehead atoms. The van der Waals surface area contributed by atoms with Crippen molar-refractivity contribution < 1.29 is 0 Å². The first kappa shape index (κ1) is 9.83. The topological polar surface area (TPSA) is 0 Å². The summed E-state index contributed by atoms with van der Waals surface area (Å²) in [5.41, 5.74) is 0. The van der Waals surface area contributed by atoms with Crippen LogP contribution in [-0.4, -0.2) is 0 Å². The molecule has 0 unspecified atom stereocenters. The van der Waals surface area contributed by atoms with Crippen LogP contribution in [0.4, 0.5) is 0 Å². The van der Waals surface area contributed by atoms with E-state index in [0.29, 0.717) is 0 Å². The van der Waals surface area contributed by atoms with Gasteiger partial charge in [0.2, 0.25) is 0 Å². The summed E-state index contributed by atoms with van der Waals surface area (Å²) in [7, 11) is 0. The van der Waals surface area contributed by atoms with Crippen molar-refractivity contribution in [2.45, 2.75) is 52.4 Å². The molecular formula is C12H22. The summed E-state index contributed by atoms with van der Waals surface area (Å²) < 4.78 is 0. The zero-order chi connectivity index (χ0) is 8.81. The molecule has 0 heterocycles. The fourth-order valence-corrected chi connectivity index (χ4v) is 1.88. The van der Waals surface area contributed by atoms with E-state index in [2.05, 4.69) is 26.0 Å². The van der Waals surface area contributed by atoms with Gasteiger partial charge in [0.05, 0.1) is 0 Å². The molecular weight excluding hydrogens is 144 g/mol. The molecule has 0 amide bonds. The molecule has 1 fully saturated rings. The minimum Gasteiger partial charge on any atom is -0.0883 e. The van der Waals surface area contributed by atoms with E-state index in [1.807, 2.05) is 0 Å².